The van der Waals surface area contributed by atoms with E-state index in [2.05, 4.69) is 34.5 Å². The molecule has 0 saturated carbocycles. The SMILES string of the molecule is Cc1cccc(-c2cnc(NN)[nH]2)c1. The first-order chi connectivity index (χ1) is 6.79. The Hall–Kier alpha value is -1.81. The van der Waals surface area contributed by atoms with Gasteiger partial charge >= 0.3 is 0 Å². The van der Waals surface area contributed by atoms with E-state index in [0.29, 0.717) is 5.95 Å². The average Bonchev–Trinajstić information content (AvgIpc) is 2.66. The predicted octanol–water partition coefficient (Wildman–Crippen LogP) is 1.67. The van der Waals surface area contributed by atoms with Crippen molar-refractivity contribution >= 4 is 5.95 Å². The molecule has 0 atom stereocenters. The Morgan fingerprint density at radius 3 is 2.93 bits per heavy atom. The zero-order valence-corrected chi connectivity index (χ0v) is 7.91. The van der Waals surface area contributed by atoms with Crippen LogP contribution in [-0.2, 0) is 0 Å². The van der Waals surface area contributed by atoms with Crippen LogP contribution in [0.5, 0.6) is 0 Å². The highest BCUT2D eigenvalue weighted by molar-refractivity contribution is 5.60. The lowest BCUT2D eigenvalue weighted by Crippen LogP contribution is -2.07. The van der Waals surface area contributed by atoms with Gasteiger partial charge in [-0.15, -0.1) is 0 Å². The molecule has 2 rings (SSSR count). The van der Waals surface area contributed by atoms with Crippen molar-refractivity contribution in [2.75, 3.05) is 5.43 Å². The van der Waals surface area contributed by atoms with E-state index in [1.165, 1.54) is 5.56 Å². The smallest absolute Gasteiger partial charge is 0.215 e. The summed E-state index contributed by atoms with van der Waals surface area (Å²) in [7, 11) is 0. The molecule has 0 amide bonds. The number of nitrogens with zero attached hydrogens (tertiary/aromatic N) is 1. The van der Waals surface area contributed by atoms with Crippen LogP contribution in [-0.4, -0.2) is 9.97 Å². The molecule has 72 valence electrons. The number of imidazole rings is 1. The molecule has 0 fully saturated rings. The van der Waals surface area contributed by atoms with Crippen LogP contribution < -0.4 is 11.3 Å². The maximum Gasteiger partial charge on any atom is 0.215 e. The van der Waals surface area contributed by atoms with Crippen molar-refractivity contribution in [3.8, 4) is 11.3 Å². The number of rotatable bonds is 2. The molecule has 0 bridgehead atoms. The first-order valence-electron chi connectivity index (χ1n) is 4.38. The molecule has 2 aromatic rings. The van der Waals surface area contributed by atoms with Crippen LogP contribution in [0.2, 0.25) is 0 Å². The van der Waals surface area contributed by atoms with Crippen LogP contribution in [0.4, 0.5) is 5.95 Å². The number of aryl methyl sites for hydroxylation is 1. The Bertz CT molecular complexity index is 433. The molecule has 1 aromatic heterocycles. The lowest BCUT2D eigenvalue weighted by molar-refractivity contribution is 1.20. The average molecular weight is 188 g/mol. The molecule has 0 spiro atoms. The minimum Gasteiger partial charge on any atom is -0.323 e. The maximum atomic E-state index is 5.23. The highest BCUT2D eigenvalue weighted by atomic mass is 15.3. The number of hydrazine groups is 1. The Morgan fingerprint density at radius 1 is 1.43 bits per heavy atom. The number of nitrogens with two attached hydrogens (primary N) is 1. The van der Waals surface area contributed by atoms with Crippen molar-refractivity contribution in [3.63, 3.8) is 0 Å². The summed E-state index contributed by atoms with van der Waals surface area (Å²) < 4.78 is 0. The predicted molar refractivity (Wildman–Crippen MR) is 56.6 cm³/mol. The molecule has 1 aromatic carbocycles. The van der Waals surface area contributed by atoms with E-state index in [1.807, 2.05) is 12.1 Å². The van der Waals surface area contributed by atoms with Gasteiger partial charge < -0.3 is 4.98 Å². The molecule has 0 unspecified atom stereocenters. The monoisotopic (exact) mass is 188 g/mol. The van der Waals surface area contributed by atoms with Gasteiger partial charge in [-0.25, -0.2) is 10.8 Å². The van der Waals surface area contributed by atoms with Gasteiger partial charge in [0.05, 0.1) is 11.9 Å². The second-order valence-corrected chi connectivity index (χ2v) is 3.16. The van der Waals surface area contributed by atoms with Crippen LogP contribution >= 0.6 is 0 Å². The normalized spacial score (nSPS) is 10.1. The molecule has 0 aliphatic heterocycles. The number of hydrogen-bond acceptors (Lipinski definition) is 3. The third-order valence-electron chi connectivity index (χ3n) is 2.04. The Balaban J connectivity index is 2.39. The number of nitrogens with one attached hydrogen (secondary N) is 2. The van der Waals surface area contributed by atoms with Gasteiger partial charge in [0.15, 0.2) is 0 Å². The summed E-state index contributed by atoms with van der Waals surface area (Å²) in [4.78, 5) is 7.11. The summed E-state index contributed by atoms with van der Waals surface area (Å²) in [6.07, 6.45) is 1.75. The largest absolute Gasteiger partial charge is 0.323 e. The first kappa shape index (κ1) is 8.77. The van der Waals surface area contributed by atoms with Crippen LogP contribution in [0.15, 0.2) is 30.5 Å². The second kappa shape index (κ2) is 3.51. The van der Waals surface area contributed by atoms with Crippen molar-refractivity contribution in [2.24, 2.45) is 5.84 Å². The van der Waals surface area contributed by atoms with E-state index < -0.39 is 0 Å². The summed E-state index contributed by atoms with van der Waals surface area (Å²) in [6, 6.07) is 8.19. The minimum absolute atomic E-state index is 0.571. The summed E-state index contributed by atoms with van der Waals surface area (Å²) in [5, 5.41) is 0. The van der Waals surface area contributed by atoms with Gasteiger partial charge in [0.2, 0.25) is 5.95 Å². The second-order valence-electron chi connectivity index (χ2n) is 3.16. The highest BCUT2D eigenvalue weighted by Crippen LogP contribution is 2.18. The molecule has 4 heteroatoms. The van der Waals surface area contributed by atoms with Crippen LogP contribution in [0.3, 0.4) is 0 Å². The van der Waals surface area contributed by atoms with Gasteiger partial charge in [-0.1, -0.05) is 23.8 Å². The van der Waals surface area contributed by atoms with Crippen molar-refractivity contribution in [1.82, 2.24) is 9.97 Å². The van der Waals surface area contributed by atoms with Crippen molar-refractivity contribution in [2.45, 2.75) is 6.92 Å². The van der Waals surface area contributed by atoms with E-state index >= 15 is 0 Å². The van der Waals surface area contributed by atoms with Gasteiger partial charge in [0.1, 0.15) is 0 Å². The molecular weight excluding hydrogens is 176 g/mol. The van der Waals surface area contributed by atoms with Crippen molar-refractivity contribution in [1.29, 1.82) is 0 Å². The Kier molecular flexibility index (Phi) is 2.20. The van der Waals surface area contributed by atoms with Gasteiger partial charge in [-0.2, -0.15) is 0 Å². The summed E-state index contributed by atoms with van der Waals surface area (Å²) in [6.45, 7) is 2.06. The summed E-state index contributed by atoms with van der Waals surface area (Å²) in [5.74, 6) is 5.80. The van der Waals surface area contributed by atoms with Crippen LogP contribution in [0.25, 0.3) is 11.3 Å². The molecule has 0 aliphatic rings. The third-order valence-corrected chi connectivity index (χ3v) is 2.04. The fourth-order valence-electron chi connectivity index (χ4n) is 1.35. The topological polar surface area (TPSA) is 66.7 Å². The number of H-pyrrole nitrogens is 1. The number of benzene rings is 1. The number of hydrogen-bond donors (Lipinski definition) is 3. The van der Waals surface area contributed by atoms with Crippen molar-refractivity contribution < 1.29 is 0 Å². The molecule has 1 heterocycles. The number of aromatic amines is 1. The molecule has 14 heavy (non-hydrogen) atoms. The number of anilines is 1. The Morgan fingerprint density at radius 2 is 2.29 bits per heavy atom. The van der Waals surface area contributed by atoms with E-state index in [9.17, 15) is 0 Å². The van der Waals surface area contributed by atoms with Gasteiger partial charge in [0, 0.05) is 0 Å². The third kappa shape index (κ3) is 1.60. The zero-order valence-electron chi connectivity index (χ0n) is 7.91. The summed E-state index contributed by atoms with van der Waals surface area (Å²) >= 11 is 0. The molecule has 0 aliphatic carbocycles. The lowest BCUT2D eigenvalue weighted by Gasteiger charge is -1.98. The lowest BCUT2D eigenvalue weighted by atomic mass is 10.1. The minimum atomic E-state index is 0.571. The fraction of sp³-hybridized carbons (Fsp3) is 0.100. The van der Waals surface area contributed by atoms with Gasteiger partial charge in [0.25, 0.3) is 0 Å². The molecule has 4 nitrogen and oxygen atoms in total. The van der Waals surface area contributed by atoms with Gasteiger partial charge in [-0.05, 0) is 18.6 Å². The van der Waals surface area contributed by atoms with Crippen molar-refractivity contribution in [3.05, 3.63) is 36.0 Å². The van der Waals surface area contributed by atoms with E-state index in [-0.39, 0.29) is 0 Å². The van der Waals surface area contributed by atoms with Gasteiger partial charge in [-0.3, -0.25) is 5.43 Å². The molecule has 0 radical (unpaired) electrons. The number of nitrogen functional groups attached to an aromatic ring is 1. The summed E-state index contributed by atoms with van der Waals surface area (Å²) in [5.41, 5.74) is 5.76. The zero-order chi connectivity index (χ0) is 9.97. The standard InChI is InChI=1S/C10H12N4/c1-7-3-2-4-8(5-7)9-6-12-10(13-9)14-11/h2-6H,11H2,1H3,(H2,12,13,14). The Labute approximate surface area is 82.1 Å². The first-order valence-corrected chi connectivity index (χ1v) is 4.38. The number of aromatic nitrogens is 2. The van der Waals surface area contributed by atoms with Crippen LogP contribution in [0, 0.1) is 6.92 Å². The van der Waals surface area contributed by atoms with E-state index in [0.717, 1.165) is 11.3 Å². The molecular formula is C10H12N4. The van der Waals surface area contributed by atoms with E-state index in [1.54, 1.807) is 6.20 Å². The van der Waals surface area contributed by atoms with E-state index in [4.69, 9.17) is 5.84 Å². The maximum absolute atomic E-state index is 5.23. The quantitative estimate of drug-likeness (QED) is 0.496. The highest BCUT2D eigenvalue weighted by Gasteiger charge is 2.01. The molecule has 4 N–H and O–H groups in total. The van der Waals surface area contributed by atoms with Crippen LogP contribution in [0.1, 0.15) is 5.56 Å². The molecule has 0 saturated heterocycles. The fourth-order valence-corrected chi connectivity index (χ4v) is 1.35.